The maximum absolute atomic E-state index is 3.81. The van der Waals surface area contributed by atoms with Gasteiger partial charge in [-0.05, 0) is 37.1 Å². The minimum absolute atomic E-state index is 0.380. The molecule has 0 radical (unpaired) electrons. The molecule has 0 fully saturated rings. The van der Waals surface area contributed by atoms with Gasteiger partial charge in [0.15, 0.2) is 0 Å². The largest absolute Gasteiger partial charge is 0.310 e. The quantitative estimate of drug-likeness (QED) is 0.796. The molecule has 1 aromatic carbocycles. The van der Waals surface area contributed by atoms with Gasteiger partial charge in [-0.2, -0.15) is 0 Å². The topological polar surface area (TPSA) is 12.0 Å². The highest BCUT2D eigenvalue weighted by Crippen LogP contribution is 2.26. The third kappa shape index (κ3) is 3.18. The molecule has 0 aliphatic rings. The highest BCUT2D eigenvalue weighted by Gasteiger charge is 2.11. The molecular formula is C13H18BrN. The summed E-state index contributed by atoms with van der Waals surface area (Å²) in [5, 5.41) is 3.48. The Bertz CT molecular complexity index is 333. The summed E-state index contributed by atoms with van der Waals surface area (Å²) in [6, 6.07) is 6.72. The zero-order valence-corrected chi connectivity index (χ0v) is 11.0. The van der Waals surface area contributed by atoms with Crippen LogP contribution in [0.1, 0.15) is 30.5 Å². The molecule has 1 aromatic rings. The first-order chi connectivity index (χ1) is 7.20. The van der Waals surface area contributed by atoms with Crippen LogP contribution in [0.5, 0.6) is 0 Å². The zero-order valence-electron chi connectivity index (χ0n) is 9.39. The van der Waals surface area contributed by atoms with Crippen molar-refractivity contribution in [2.45, 2.75) is 26.3 Å². The molecule has 0 aliphatic heterocycles. The smallest absolute Gasteiger partial charge is 0.0357 e. The van der Waals surface area contributed by atoms with Crippen molar-refractivity contribution in [3.8, 4) is 0 Å². The van der Waals surface area contributed by atoms with Gasteiger partial charge in [0.1, 0.15) is 0 Å². The van der Waals surface area contributed by atoms with E-state index >= 15 is 0 Å². The molecule has 1 rings (SSSR count). The van der Waals surface area contributed by atoms with E-state index in [-0.39, 0.29) is 0 Å². The first-order valence-corrected chi connectivity index (χ1v) is 6.09. The molecule has 2 heteroatoms. The van der Waals surface area contributed by atoms with Gasteiger partial charge in [-0.1, -0.05) is 41.1 Å². The molecule has 0 heterocycles. The number of benzene rings is 1. The molecule has 1 unspecified atom stereocenters. The van der Waals surface area contributed by atoms with Crippen LogP contribution >= 0.6 is 15.9 Å². The van der Waals surface area contributed by atoms with Crippen LogP contribution in [0.25, 0.3) is 0 Å². The maximum Gasteiger partial charge on any atom is 0.0357 e. The van der Waals surface area contributed by atoms with Crippen LogP contribution in [0.15, 0.2) is 35.3 Å². The summed E-state index contributed by atoms with van der Waals surface area (Å²) >= 11 is 3.56. The van der Waals surface area contributed by atoms with E-state index in [0.29, 0.717) is 6.04 Å². The lowest BCUT2D eigenvalue weighted by molar-refractivity contribution is 0.556. The number of hydrogen-bond acceptors (Lipinski definition) is 1. The summed E-state index contributed by atoms with van der Waals surface area (Å²) in [5.74, 6) is 0. The van der Waals surface area contributed by atoms with Gasteiger partial charge in [-0.15, -0.1) is 6.58 Å². The van der Waals surface area contributed by atoms with E-state index in [2.05, 4.69) is 59.9 Å². The fourth-order valence-corrected chi connectivity index (χ4v) is 2.12. The Hall–Kier alpha value is -0.600. The van der Waals surface area contributed by atoms with Gasteiger partial charge in [-0.3, -0.25) is 0 Å². The van der Waals surface area contributed by atoms with Crippen molar-refractivity contribution in [1.82, 2.24) is 5.32 Å². The minimum atomic E-state index is 0.380. The predicted octanol–water partition coefficient (Wildman–Crippen LogP) is 3.98. The summed E-state index contributed by atoms with van der Waals surface area (Å²) < 4.78 is 1.17. The lowest BCUT2D eigenvalue weighted by atomic mass is 9.99. The standard InChI is InChI=1S/C13H18BrN/c1-4-7-13(15-5-2)11-8-6-9-12(14)10(11)3/h4,6,8-9,13,15H,1,5,7H2,2-3H3. The Morgan fingerprint density at radius 1 is 1.53 bits per heavy atom. The van der Waals surface area contributed by atoms with Crippen molar-refractivity contribution in [1.29, 1.82) is 0 Å². The average Bonchev–Trinajstić information content (AvgIpc) is 2.22. The van der Waals surface area contributed by atoms with Gasteiger partial charge in [0.05, 0.1) is 0 Å². The van der Waals surface area contributed by atoms with E-state index in [1.807, 2.05) is 6.08 Å². The lowest BCUT2D eigenvalue weighted by Crippen LogP contribution is -2.21. The van der Waals surface area contributed by atoms with Gasteiger partial charge >= 0.3 is 0 Å². The van der Waals surface area contributed by atoms with Gasteiger partial charge in [0.2, 0.25) is 0 Å². The van der Waals surface area contributed by atoms with Crippen LogP contribution in [0.4, 0.5) is 0 Å². The molecule has 0 amide bonds. The Kier molecular flexibility index (Phi) is 5.06. The van der Waals surface area contributed by atoms with Crippen LogP contribution in [-0.4, -0.2) is 6.54 Å². The number of rotatable bonds is 5. The molecule has 0 saturated heterocycles. The maximum atomic E-state index is 3.81. The van der Waals surface area contributed by atoms with E-state index in [4.69, 9.17) is 0 Å². The van der Waals surface area contributed by atoms with E-state index in [9.17, 15) is 0 Å². The summed E-state index contributed by atoms with van der Waals surface area (Å²) in [6.07, 6.45) is 2.93. The Balaban J connectivity index is 2.99. The molecule has 0 spiro atoms. The van der Waals surface area contributed by atoms with Gasteiger partial charge in [-0.25, -0.2) is 0 Å². The zero-order chi connectivity index (χ0) is 11.3. The minimum Gasteiger partial charge on any atom is -0.310 e. The van der Waals surface area contributed by atoms with Crippen LogP contribution in [0, 0.1) is 6.92 Å². The summed E-state index contributed by atoms with van der Waals surface area (Å²) in [7, 11) is 0. The molecule has 82 valence electrons. The Morgan fingerprint density at radius 3 is 2.87 bits per heavy atom. The molecule has 0 bridgehead atoms. The van der Waals surface area contributed by atoms with E-state index in [1.165, 1.54) is 15.6 Å². The monoisotopic (exact) mass is 267 g/mol. The van der Waals surface area contributed by atoms with Crippen molar-refractivity contribution in [2.75, 3.05) is 6.54 Å². The lowest BCUT2D eigenvalue weighted by Gasteiger charge is -2.19. The fraction of sp³-hybridized carbons (Fsp3) is 0.385. The first-order valence-electron chi connectivity index (χ1n) is 5.30. The van der Waals surface area contributed by atoms with Gasteiger partial charge in [0, 0.05) is 10.5 Å². The number of halogens is 1. The Morgan fingerprint density at radius 2 is 2.27 bits per heavy atom. The average molecular weight is 268 g/mol. The summed E-state index contributed by atoms with van der Waals surface area (Å²) in [5.41, 5.74) is 2.66. The molecule has 0 saturated carbocycles. The number of hydrogen-bond donors (Lipinski definition) is 1. The summed E-state index contributed by atoms with van der Waals surface area (Å²) in [6.45, 7) is 9.06. The second-order valence-corrected chi connectivity index (χ2v) is 4.44. The fourth-order valence-electron chi connectivity index (χ4n) is 1.73. The van der Waals surface area contributed by atoms with Gasteiger partial charge in [0.25, 0.3) is 0 Å². The van der Waals surface area contributed by atoms with Crippen molar-refractivity contribution in [3.05, 3.63) is 46.5 Å². The molecule has 1 atom stereocenters. The van der Waals surface area contributed by atoms with Crippen molar-refractivity contribution >= 4 is 15.9 Å². The highest BCUT2D eigenvalue weighted by molar-refractivity contribution is 9.10. The Labute approximate surface area is 101 Å². The van der Waals surface area contributed by atoms with E-state index in [0.717, 1.165) is 13.0 Å². The van der Waals surface area contributed by atoms with Crippen molar-refractivity contribution < 1.29 is 0 Å². The van der Waals surface area contributed by atoms with Crippen LogP contribution in [0.2, 0.25) is 0 Å². The second-order valence-electron chi connectivity index (χ2n) is 3.59. The van der Waals surface area contributed by atoms with Crippen LogP contribution < -0.4 is 5.32 Å². The summed E-state index contributed by atoms with van der Waals surface area (Å²) in [4.78, 5) is 0. The van der Waals surface area contributed by atoms with Crippen molar-refractivity contribution in [3.63, 3.8) is 0 Å². The second kappa shape index (κ2) is 6.09. The predicted molar refractivity (Wildman–Crippen MR) is 70.1 cm³/mol. The van der Waals surface area contributed by atoms with Crippen molar-refractivity contribution in [2.24, 2.45) is 0 Å². The van der Waals surface area contributed by atoms with E-state index in [1.54, 1.807) is 0 Å². The molecule has 15 heavy (non-hydrogen) atoms. The van der Waals surface area contributed by atoms with Gasteiger partial charge < -0.3 is 5.32 Å². The molecule has 0 aromatic heterocycles. The first kappa shape index (κ1) is 12.5. The molecule has 1 nitrogen and oxygen atoms in total. The van der Waals surface area contributed by atoms with Crippen LogP contribution in [-0.2, 0) is 0 Å². The third-order valence-electron chi connectivity index (χ3n) is 2.54. The molecular weight excluding hydrogens is 250 g/mol. The normalized spacial score (nSPS) is 12.5. The highest BCUT2D eigenvalue weighted by atomic mass is 79.9. The third-order valence-corrected chi connectivity index (χ3v) is 3.40. The van der Waals surface area contributed by atoms with Crippen LogP contribution in [0.3, 0.4) is 0 Å². The SMILES string of the molecule is C=CCC(NCC)c1cccc(Br)c1C. The molecule has 0 aliphatic carbocycles. The molecule has 1 N–H and O–H groups in total. The number of nitrogens with one attached hydrogen (secondary N) is 1. The van der Waals surface area contributed by atoms with E-state index < -0.39 is 0 Å².